The lowest BCUT2D eigenvalue weighted by molar-refractivity contribution is 0.112. The summed E-state index contributed by atoms with van der Waals surface area (Å²) >= 11 is 5.85. The summed E-state index contributed by atoms with van der Waals surface area (Å²) in [6.45, 7) is 1.88. The number of aryl methyl sites for hydroxylation is 1. The molecule has 0 unspecified atom stereocenters. The quantitative estimate of drug-likeness (QED) is 0.769. The van der Waals surface area contributed by atoms with Crippen molar-refractivity contribution in [2.24, 2.45) is 0 Å². The van der Waals surface area contributed by atoms with Crippen molar-refractivity contribution >= 4 is 17.9 Å². The Kier molecular flexibility index (Phi) is 3.63. The zero-order valence-electron chi connectivity index (χ0n) is 9.61. The number of hydrogen-bond acceptors (Lipinski definition) is 2. The second kappa shape index (κ2) is 5.19. The van der Waals surface area contributed by atoms with Crippen LogP contribution in [-0.4, -0.2) is 6.29 Å². The molecule has 0 aliphatic rings. The molecule has 0 N–H and O–H groups in total. The first-order valence-corrected chi connectivity index (χ1v) is 5.66. The summed E-state index contributed by atoms with van der Waals surface area (Å²) in [6.07, 6.45) is 0.708. The Morgan fingerprint density at radius 3 is 2.56 bits per heavy atom. The van der Waals surface area contributed by atoms with Crippen LogP contribution >= 0.6 is 11.6 Å². The maximum atomic E-state index is 12.9. The minimum absolute atomic E-state index is 0.160. The molecule has 2 aromatic carbocycles. The molecule has 0 fully saturated rings. The Morgan fingerprint density at radius 1 is 1.17 bits per heavy atom. The largest absolute Gasteiger partial charge is 0.455 e. The molecule has 0 aromatic heterocycles. The van der Waals surface area contributed by atoms with Crippen molar-refractivity contribution in [3.8, 4) is 11.5 Å². The van der Waals surface area contributed by atoms with Gasteiger partial charge in [-0.1, -0.05) is 23.2 Å². The van der Waals surface area contributed by atoms with E-state index in [2.05, 4.69) is 0 Å². The molecule has 0 spiro atoms. The van der Waals surface area contributed by atoms with Crippen LogP contribution in [0.25, 0.3) is 0 Å². The first-order valence-electron chi connectivity index (χ1n) is 5.29. The Labute approximate surface area is 109 Å². The number of carbonyl (C=O) groups excluding carboxylic acids is 1. The van der Waals surface area contributed by atoms with Gasteiger partial charge in [-0.05, 0) is 37.3 Å². The fourth-order valence-electron chi connectivity index (χ4n) is 1.53. The number of carbonyl (C=O) groups is 1. The molecule has 0 aliphatic carbocycles. The van der Waals surface area contributed by atoms with Crippen LogP contribution in [0.15, 0.2) is 36.4 Å². The summed E-state index contributed by atoms with van der Waals surface area (Å²) in [5.41, 5.74) is 1.38. The fourth-order valence-corrected chi connectivity index (χ4v) is 1.74. The van der Waals surface area contributed by atoms with E-state index in [0.29, 0.717) is 23.3 Å². The van der Waals surface area contributed by atoms with Gasteiger partial charge in [-0.25, -0.2) is 4.39 Å². The van der Waals surface area contributed by atoms with Gasteiger partial charge in [0.2, 0.25) is 0 Å². The van der Waals surface area contributed by atoms with Crippen LogP contribution in [0.5, 0.6) is 11.5 Å². The Bertz CT molecular complexity index is 596. The predicted molar refractivity (Wildman–Crippen MR) is 68.1 cm³/mol. The number of aldehydes is 1. The van der Waals surface area contributed by atoms with Crippen LogP contribution in [0.4, 0.5) is 4.39 Å². The molecule has 2 rings (SSSR count). The van der Waals surface area contributed by atoms with Gasteiger partial charge >= 0.3 is 0 Å². The van der Waals surface area contributed by atoms with Gasteiger partial charge in [0.05, 0.1) is 10.6 Å². The lowest BCUT2D eigenvalue weighted by Crippen LogP contribution is -1.92. The van der Waals surface area contributed by atoms with E-state index in [1.54, 1.807) is 12.1 Å². The van der Waals surface area contributed by atoms with Gasteiger partial charge in [-0.2, -0.15) is 0 Å². The molecule has 0 aliphatic heterocycles. The predicted octanol–water partition coefficient (Wildman–Crippen LogP) is 4.39. The van der Waals surface area contributed by atoms with Gasteiger partial charge in [-0.15, -0.1) is 0 Å². The highest BCUT2D eigenvalue weighted by Crippen LogP contribution is 2.31. The molecular formula is C14H10ClFO2. The first-order chi connectivity index (χ1) is 8.60. The van der Waals surface area contributed by atoms with Crippen molar-refractivity contribution in [3.63, 3.8) is 0 Å². The molecule has 0 saturated carbocycles. The summed E-state index contributed by atoms with van der Waals surface area (Å²) in [4.78, 5) is 10.9. The average molecular weight is 265 g/mol. The fraction of sp³-hybridized carbons (Fsp3) is 0.0714. The third-order valence-corrected chi connectivity index (χ3v) is 2.70. The van der Waals surface area contributed by atoms with E-state index in [1.165, 1.54) is 12.1 Å². The van der Waals surface area contributed by atoms with E-state index < -0.39 is 5.82 Å². The zero-order valence-corrected chi connectivity index (χ0v) is 10.4. The highest BCUT2D eigenvalue weighted by atomic mass is 35.5. The summed E-state index contributed by atoms with van der Waals surface area (Å²) in [5, 5.41) is 0.160. The monoisotopic (exact) mass is 264 g/mol. The smallest absolute Gasteiger partial charge is 0.153 e. The van der Waals surface area contributed by atoms with Gasteiger partial charge < -0.3 is 4.74 Å². The van der Waals surface area contributed by atoms with Crippen LogP contribution in [0.3, 0.4) is 0 Å². The molecule has 0 radical (unpaired) electrons. The second-order valence-corrected chi connectivity index (χ2v) is 4.24. The highest BCUT2D eigenvalue weighted by molar-refractivity contribution is 6.32. The second-order valence-electron chi connectivity index (χ2n) is 3.84. The minimum atomic E-state index is -0.438. The van der Waals surface area contributed by atoms with E-state index in [0.717, 1.165) is 11.6 Å². The summed E-state index contributed by atoms with van der Waals surface area (Å²) in [6, 6.07) is 9.03. The minimum Gasteiger partial charge on any atom is -0.455 e. The van der Waals surface area contributed by atoms with Gasteiger partial charge in [0.15, 0.2) is 6.29 Å². The van der Waals surface area contributed by atoms with Crippen molar-refractivity contribution in [2.45, 2.75) is 6.92 Å². The van der Waals surface area contributed by atoms with Gasteiger partial charge in [0.1, 0.15) is 17.3 Å². The van der Waals surface area contributed by atoms with E-state index in [4.69, 9.17) is 16.3 Å². The molecule has 2 nitrogen and oxygen atoms in total. The van der Waals surface area contributed by atoms with E-state index in [9.17, 15) is 9.18 Å². The first kappa shape index (κ1) is 12.6. The number of benzene rings is 2. The molecule has 0 bridgehead atoms. The number of ether oxygens (including phenoxy) is 1. The summed E-state index contributed by atoms with van der Waals surface area (Å²) < 4.78 is 18.4. The number of rotatable bonds is 3. The van der Waals surface area contributed by atoms with Crippen molar-refractivity contribution in [1.82, 2.24) is 0 Å². The van der Waals surface area contributed by atoms with Gasteiger partial charge in [0, 0.05) is 0 Å². The molecule has 92 valence electrons. The number of hydrogen-bond donors (Lipinski definition) is 0. The van der Waals surface area contributed by atoms with Crippen molar-refractivity contribution < 1.29 is 13.9 Å². The average Bonchev–Trinajstić information content (AvgIpc) is 2.34. The molecule has 18 heavy (non-hydrogen) atoms. The molecule has 0 saturated heterocycles. The molecule has 0 heterocycles. The maximum absolute atomic E-state index is 12.9. The Balaban J connectivity index is 2.36. The highest BCUT2D eigenvalue weighted by Gasteiger charge is 2.08. The topological polar surface area (TPSA) is 26.3 Å². The van der Waals surface area contributed by atoms with Gasteiger partial charge in [0.25, 0.3) is 0 Å². The van der Waals surface area contributed by atoms with Crippen LogP contribution in [-0.2, 0) is 0 Å². The molecule has 0 amide bonds. The Morgan fingerprint density at radius 2 is 1.89 bits per heavy atom. The molecule has 0 atom stereocenters. The summed E-state index contributed by atoms with van der Waals surface area (Å²) in [5.74, 6) is 0.265. The van der Waals surface area contributed by atoms with Gasteiger partial charge in [-0.3, -0.25) is 4.79 Å². The van der Waals surface area contributed by atoms with Crippen LogP contribution in [0, 0.1) is 12.7 Å². The normalized spacial score (nSPS) is 10.2. The van der Waals surface area contributed by atoms with Crippen molar-refractivity contribution in [2.75, 3.05) is 0 Å². The maximum Gasteiger partial charge on any atom is 0.153 e. The van der Waals surface area contributed by atoms with Crippen molar-refractivity contribution in [3.05, 3.63) is 58.4 Å². The summed E-state index contributed by atoms with van der Waals surface area (Å²) in [7, 11) is 0. The lowest BCUT2D eigenvalue weighted by Gasteiger charge is -2.10. The molecule has 2 aromatic rings. The van der Waals surface area contributed by atoms with Crippen LogP contribution in [0.1, 0.15) is 15.9 Å². The van der Waals surface area contributed by atoms with E-state index >= 15 is 0 Å². The number of halogens is 2. The molecular weight excluding hydrogens is 255 g/mol. The third kappa shape index (κ3) is 2.68. The van der Waals surface area contributed by atoms with Crippen LogP contribution in [0.2, 0.25) is 5.02 Å². The van der Waals surface area contributed by atoms with Crippen LogP contribution < -0.4 is 4.74 Å². The van der Waals surface area contributed by atoms with Crippen molar-refractivity contribution in [1.29, 1.82) is 0 Å². The van der Waals surface area contributed by atoms with E-state index in [-0.39, 0.29) is 5.02 Å². The van der Waals surface area contributed by atoms with E-state index in [1.807, 2.05) is 13.0 Å². The Hall–Kier alpha value is -1.87. The standard InChI is InChI=1S/C14H10ClFO2/c1-9-2-4-13(10(6-9)8-17)18-14-5-3-11(16)7-12(14)15/h2-8H,1H3. The third-order valence-electron chi connectivity index (χ3n) is 2.41. The zero-order chi connectivity index (χ0) is 13.1. The molecule has 4 heteroatoms. The lowest BCUT2D eigenvalue weighted by atomic mass is 10.1. The SMILES string of the molecule is Cc1ccc(Oc2ccc(F)cc2Cl)c(C=O)c1.